The zero-order chi connectivity index (χ0) is 20.1. The second kappa shape index (κ2) is 8.40. The summed E-state index contributed by atoms with van der Waals surface area (Å²) in [6, 6.07) is 11.1. The third-order valence-corrected chi connectivity index (χ3v) is 4.47. The Morgan fingerprint density at radius 3 is 2.07 bits per heavy atom. The average molecular weight is 402 g/mol. The summed E-state index contributed by atoms with van der Waals surface area (Å²) in [6.45, 7) is 0.162. The van der Waals surface area contributed by atoms with Crippen molar-refractivity contribution in [2.75, 3.05) is 0 Å². The van der Waals surface area contributed by atoms with Gasteiger partial charge in [-0.05, 0) is 41.8 Å². The SMILES string of the molecule is NS(=O)(=O)c1ccc(CCC(=O)NCc2ccc(OC(F)(F)F)cc2)cc1. The minimum Gasteiger partial charge on any atom is -0.406 e. The molecule has 2 rings (SSSR count). The summed E-state index contributed by atoms with van der Waals surface area (Å²) in [4.78, 5) is 11.9. The Labute approximate surface area is 154 Å². The summed E-state index contributed by atoms with van der Waals surface area (Å²) in [5.41, 5.74) is 1.39. The molecular weight excluding hydrogens is 385 g/mol. The van der Waals surface area contributed by atoms with Gasteiger partial charge in [0.15, 0.2) is 0 Å². The number of alkyl halides is 3. The number of halogens is 3. The lowest BCUT2D eigenvalue weighted by molar-refractivity contribution is -0.274. The first-order valence-corrected chi connectivity index (χ1v) is 9.31. The van der Waals surface area contributed by atoms with E-state index in [0.29, 0.717) is 12.0 Å². The Kier molecular flexibility index (Phi) is 6.45. The van der Waals surface area contributed by atoms with Crippen LogP contribution in [0.2, 0.25) is 0 Å². The Morgan fingerprint density at radius 1 is 1.00 bits per heavy atom. The van der Waals surface area contributed by atoms with Crippen molar-refractivity contribution in [3.63, 3.8) is 0 Å². The molecule has 2 aromatic carbocycles. The quantitative estimate of drug-likeness (QED) is 0.743. The van der Waals surface area contributed by atoms with Crippen LogP contribution in [0.4, 0.5) is 13.2 Å². The van der Waals surface area contributed by atoms with E-state index in [1.807, 2.05) is 0 Å². The average Bonchev–Trinajstić information content (AvgIpc) is 2.57. The smallest absolute Gasteiger partial charge is 0.406 e. The van der Waals surface area contributed by atoms with Gasteiger partial charge in [0.2, 0.25) is 15.9 Å². The molecule has 0 bridgehead atoms. The Morgan fingerprint density at radius 2 is 1.56 bits per heavy atom. The summed E-state index contributed by atoms with van der Waals surface area (Å²) in [7, 11) is -3.75. The highest BCUT2D eigenvalue weighted by atomic mass is 32.2. The predicted molar refractivity (Wildman–Crippen MR) is 91.1 cm³/mol. The number of carbonyl (C=O) groups excluding carboxylic acids is 1. The van der Waals surface area contributed by atoms with Crippen LogP contribution in [0.1, 0.15) is 17.5 Å². The van der Waals surface area contributed by atoms with Crippen LogP contribution >= 0.6 is 0 Å². The summed E-state index contributed by atoms with van der Waals surface area (Å²) in [6.07, 6.45) is -4.18. The third kappa shape index (κ3) is 7.27. The van der Waals surface area contributed by atoms with Gasteiger partial charge in [-0.1, -0.05) is 24.3 Å². The van der Waals surface area contributed by atoms with Gasteiger partial charge in [-0.2, -0.15) is 0 Å². The third-order valence-electron chi connectivity index (χ3n) is 3.54. The fourth-order valence-electron chi connectivity index (χ4n) is 2.20. The zero-order valence-corrected chi connectivity index (χ0v) is 14.8. The van der Waals surface area contributed by atoms with Gasteiger partial charge in [-0.25, -0.2) is 13.6 Å². The molecule has 0 aliphatic rings. The van der Waals surface area contributed by atoms with E-state index in [1.165, 1.54) is 36.4 Å². The topological polar surface area (TPSA) is 98.5 Å². The maximum absolute atomic E-state index is 12.1. The van der Waals surface area contributed by atoms with Crippen LogP contribution in [-0.4, -0.2) is 20.7 Å². The molecule has 0 spiro atoms. The van der Waals surface area contributed by atoms with Crippen molar-refractivity contribution in [3.05, 3.63) is 59.7 Å². The fraction of sp³-hybridized carbons (Fsp3) is 0.235. The number of carbonyl (C=O) groups is 1. The molecule has 0 heterocycles. The summed E-state index contributed by atoms with van der Waals surface area (Å²) < 4.78 is 62.4. The van der Waals surface area contributed by atoms with Gasteiger partial charge < -0.3 is 10.1 Å². The van der Waals surface area contributed by atoms with Crippen molar-refractivity contribution >= 4 is 15.9 Å². The number of hydrogen-bond donors (Lipinski definition) is 2. The number of ether oxygens (including phenoxy) is 1. The van der Waals surface area contributed by atoms with Crippen molar-refractivity contribution in [3.8, 4) is 5.75 Å². The highest BCUT2D eigenvalue weighted by Crippen LogP contribution is 2.22. The van der Waals surface area contributed by atoms with Gasteiger partial charge in [-0.3, -0.25) is 4.79 Å². The number of amides is 1. The first-order chi connectivity index (χ1) is 12.5. The lowest BCUT2D eigenvalue weighted by Crippen LogP contribution is -2.23. The van der Waals surface area contributed by atoms with Gasteiger partial charge in [0.25, 0.3) is 0 Å². The molecule has 0 atom stereocenters. The molecule has 2 aromatic rings. The number of aryl methyl sites for hydroxylation is 1. The molecule has 10 heteroatoms. The second-order valence-electron chi connectivity index (χ2n) is 5.66. The van der Waals surface area contributed by atoms with Crippen LogP contribution in [0.5, 0.6) is 5.75 Å². The van der Waals surface area contributed by atoms with E-state index in [0.717, 1.165) is 5.56 Å². The number of nitrogens with one attached hydrogen (secondary N) is 1. The molecule has 0 aromatic heterocycles. The highest BCUT2D eigenvalue weighted by molar-refractivity contribution is 7.89. The number of nitrogens with two attached hydrogens (primary N) is 1. The van der Waals surface area contributed by atoms with Gasteiger partial charge >= 0.3 is 6.36 Å². The first-order valence-electron chi connectivity index (χ1n) is 7.76. The van der Waals surface area contributed by atoms with Gasteiger partial charge in [0.1, 0.15) is 5.75 Å². The molecule has 0 aliphatic heterocycles. The van der Waals surface area contributed by atoms with Gasteiger partial charge in [-0.15, -0.1) is 13.2 Å². The monoisotopic (exact) mass is 402 g/mol. The van der Waals surface area contributed by atoms with E-state index >= 15 is 0 Å². The minimum absolute atomic E-state index is 0.00588. The Balaban J connectivity index is 1.79. The normalized spacial score (nSPS) is 11.9. The van der Waals surface area contributed by atoms with Crippen molar-refractivity contribution in [2.45, 2.75) is 30.6 Å². The van der Waals surface area contributed by atoms with E-state index in [9.17, 15) is 26.4 Å². The van der Waals surface area contributed by atoms with Crippen LogP contribution in [0.25, 0.3) is 0 Å². The molecule has 0 saturated heterocycles. The molecule has 146 valence electrons. The standard InChI is InChI=1S/C17H17F3N2O4S/c18-17(19,20)26-14-6-1-13(2-7-14)11-22-16(23)10-5-12-3-8-15(9-4-12)27(21,24)25/h1-4,6-9H,5,10-11H2,(H,22,23)(H2,21,24,25). The van der Waals surface area contributed by atoms with Crippen LogP contribution in [-0.2, 0) is 27.8 Å². The molecule has 1 amide bonds. The molecule has 3 N–H and O–H groups in total. The molecule has 0 saturated carbocycles. The Bertz CT molecular complexity index is 880. The molecular formula is C17H17F3N2O4S. The summed E-state index contributed by atoms with van der Waals surface area (Å²) in [5.74, 6) is -0.582. The number of primary sulfonamides is 1. The minimum atomic E-state index is -4.75. The van der Waals surface area contributed by atoms with Gasteiger partial charge in [0.05, 0.1) is 4.90 Å². The van der Waals surface area contributed by atoms with E-state index < -0.39 is 16.4 Å². The molecule has 0 radical (unpaired) electrons. The predicted octanol–water partition coefficient (Wildman–Crippen LogP) is 2.48. The van der Waals surface area contributed by atoms with Crippen molar-refractivity contribution in [1.29, 1.82) is 0 Å². The van der Waals surface area contributed by atoms with Gasteiger partial charge in [0, 0.05) is 13.0 Å². The lowest BCUT2D eigenvalue weighted by Gasteiger charge is -2.10. The highest BCUT2D eigenvalue weighted by Gasteiger charge is 2.30. The summed E-state index contributed by atoms with van der Waals surface area (Å²) in [5, 5.41) is 7.66. The number of benzene rings is 2. The maximum atomic E-state index is 12.1. The van der Waals surface area contributed by atoms with Crippen LogP contribution in [0.15, 0.2) is 53.4 Å². The molecule has 0 fully saturated rings. The zero-order valence-electron chi connectivity index (χ0n) is 14.0. The molecule has 0 unspecified atom stereocenters. The van der Waals surface area contributed by atoms with E-state index in [2.05, 4.69) is 10.1 Å². The number of sulfonamides is 1. The lowest BCUT2D eigenvalue weighted by atomic mass is 10.1. The van der Waals surface area contributed by atoms with E-state index in [1.54, 1.807) is 12.1 Å². The largest absolute Gasteiger partial charge is 0.573 e. The van der Waals surface area contributed by atoms with E-state index in [-0.39, 0.29) is 29.5 Å². The molecule has 0 aliphatic carbocycles. The Hall–Kier alpha value is -2.59. The first kappa shape index (κ1) is 20.7. The van der Waals surface area contributed by atoms with E-state index in [4.69, 9.17) is 5.14 Å². The van der Waals surface area contributed by atoms with Crippen molar-refractivity contribution in [1.82, 2.24) is 5.32 Å². The number of rotatable bonds is 7. The molecule has 6 nitrogen and oxygen atoms in total. The number of hydrogen-bond acceptors (Lipinski definition) is 4. The fourth-order valence-corrected chi connectivity index (χ4v) is 2.72. The van der Waals surface area contributed by atoms with Crippen LogP contribution in [0.3, 0.4) is 0 Å². The second-order valence-corrected chi connectivity index (χ2v) is 7.22. The van der Waals surface area contributed by atoms with Crippen molar-refractivity contribution < 1.29 is 31.1 Å². The van der Waals surface area contributed by atoms with Crippen molar-refractivity contribution in [2.24, 2.45) is 5.14 Å². The maximum Gasteiger partial charge on any atom is 0.573 e. The van der Waals surface area contributed by atoms with Crippen LogP contribution < -0.4 is 15.2 Å². The molecule has 27 heavy (non-hydrogen) atoms. The summed E-state index contributed by atoms with van der Waals surface area (Å²) >= 11 is 0. The van der Waals surface area contributed by atoms with Crippen LogP contribution in [0, 0.1) is 0 Å².